The molecule has 1 fully saturated rings. The second kappa shape index (κ2) is 7.46. The Morgan fingerprint density at radius 3 is 2.45 bits per heavy atom. The van der Waals surface area contributed by atoms with Gasteiger partial charge in [-0.2, -0.15) is 0 Å². The van der Waals surface area contributed by atoms with Gasteiger partial charge in [0.1, 0.15) is 17.5 Å². The van der Waals surface area contributed by atoms with Crippen molar-refractivity contribution in [2.24, 2.45) is 5.92 Å². The molecule has 0 unspecified atom stereocenters. The average molecular weight is 276 g/mol. The Morgan fingerprint density at radius 1 is 1.10 bits per heavy atom. The predicted molar refractivity (Wildman–Crippen MR) is 85.4 cm³/mol. The van der Waals surface area contributed by atoms with Crippen molar-refractivity contribution in [2.45, 2.75) is 58.8 Å². The first-order valence-electron chi connectivity index (χ1n) is 8.03. The summed E-state index contributed by atoms with van der Waals surface area (Å²) in [4.78, 5) is 9.13. The van der Waals surface area contributed by atoms with Gasteiger partial charge in [-0.1, -0.05) is 39.0 Å². The highest BCUT2D eigenvalue weighted by atomic mass is 15.1. The number of rotatable bonds is 6. The van der Waals surface area contributed by atoms with Gasteiger partial charge >= 0.3 is 0 Å². The number of nitrogens with one attached hydrogen (secondary N) is 2. The zero-order valence-corrected chi connectivity index (χ0v) is 13.1. The number of hydrogen-bond acceptors (Lipinski definition) is 4. The van der Waals surface area contributed by atoms with Crippen LogP contribution >= 0.6 is 0 Å². The van der Waals surface area contributed by atoms with Crippen LogP contribution in [0.25, 0.3) is 0 Å². The molecule has 1 saturated carbocycles. The third-order valence-electron chi connectivity index (χ3n) is 4.31. The molecule has 4 heteroatoms. The van der Waals surface area contributed by atoms with Crippen LogP contribution in [0.5, 0.6) is 0 Å². The maximum Gasteiger partial charge on any atom is 0.134 e. The summed E-state index contributed by atoms with van der Waals surface area (Å²) in [5, 5.41) is 6.68. The first-order chi connectivity index (χ1) is 9.74. The van der Waals surface area contributed by atoms with E-state index in [9.17, 15) is 0 Å². The van der Waals surface area contributed by atoms with Crippen LogP contribution in [0.4, 0.5) is 11.6 Å². The van der Waals surface area contributed by atoms with Crippen molar-refractivity contribution in [1.29, 1.82) is 0 Å². The molecule has 0 aromatic carbocycles. The summed E-state index contributed by atoms with van der Waals surface area (Å²) >= 11 is 0. The van der Waals surface area contributed by atoms with Gasteiger partial charge in [-0.15, -0.1) is 0 Å². The minimum atomic E-state index is 0.867. The quantitative estimate of drug-likeness (QED) is 0.830. The normalized spacial score (nSPS) is 16.1. The molecule has 0 atom stereocenters. The van der Waals surface area contributed by atoms with Gasteiger partial charge < -0.3 is 10.6 Å². The summed E-state index contributed by atoms with van der Waals surface area (Å²) in [5.41, 5.74) is 1.12. The molecular weight excluding hydrogens is 248 g/mol. The summed E-state index contributed by atoms with van der Waals surface area (Å²) in [5.74, 6) is 3.75. The van der Waals surface area contributed by atoms with Crippen LogP contribution in [0.15, 0.2) is 0 Å². The Balaban J connectivity index is 1.94. The Bertz CT molecular complexity index is 425. The predicted octanol–water partition coefficient (Wildman–Crippen LogP) is 3.77. The van der Waals surface area contributed by atoms with E-state index in [-0.39, 0.29) is 0 Å². The van der Waals surface area contributed by atoms with Gasteiger partial charge in [-0.3, -0.25) is 0 Å². The highest BCUT2D eigenvalue weighted by Crippen LogP contribution is 2.26. The van der Waals surface area contributed by atoms with Gasteiger partial charge in [0.15, 0.2) is 0 Å². The van der Waals surface area contributed by atoms with Crippen molar-refractivity contribution in [1.82, 2.24) is 9.97 Å². The molecule has 0 aliphatic heterocycles. The monoisotopic (exact) mass is 276 g/mol. The van der Waals surface area contributed by atoms with E-state index in [2.05, 4.69) is 34.4 Å². The average Bonchev–Trinajstić information content (AvgIpc) is 2.50. The summed E-state index contributed by atoms with van der Waals surface area (Å²) in [6.45, 7) is 5.19. The molecule has 1 heterocycles. The first kappa shape index (κ1) is 15.1. The third-order valence-corrected chi connectivity index (χ3v) is 4.31. The van der Waals surface area contributed by atoms with Gasteiger partial charge in [-0.05, 0) is 19.3 Å². The summed E-state index contributed by atoms with van der Waals surface area (Å²) in [6.07, 6.45) is 9.22. The SMILES string of the molecule is CCc1nc(NC)c(C)c(NCCC2CCCCC2)n1. The molecule has 1 aliphatic rings. The van der Waals surface area contributed by atoms with Crippen LogP contribution in [0.1, 0.15) is 56.8 Å². The standard InChI is InChI=1S/C16H28N4/c1-4-14-19-15(17-3)12(2)16(20-14)18-11-10-13-8-6-5-7-9-13/h13H,4-11H2,1-3H3,(H2,17,18,19,20). The lowest BCUT2D eigenvalue weighted by atomic mass is 9.87. The molecule has 20 heavy (non-hydrogen) atoms. The number of aryl methyl sites for hydroxylation is 1. The fourth-order valence-electron chi connectivity index (χ4n) is 3.01. The lowest BCUT2D eigenvalue weighted by Crippen LogP contribution is -2.14. The minimum absolute atomic E-state index is 0.867. The summed E-state index contributed by atoms with van der Waals surface area (Å²) in [6, 6.07) is 0. The molecule has 0 spiro atoms. The lowest BCUT2D eigenvalue weighted by Gasteiger charge is -2.22. The Hall–Kier alpha value is -1.32. The van der Waals surface area contributed by atoms with Crippen molar-refractivity contribution in [3.63, 3.8) is 0 Å². The maximum atomic E-state index is 4.62. The van der Waals surface area contributed by atoms with Crippen LogP contribution in [0.3, 0.4) is 0 Å². The van der Waals surface area contributed by atoms with Gasteiger partial charge in [0.05, 0.1) is 0 Å². The Labute approximate surface area is 122 Å². The van der Waals surface area contributed by atoms with E-state index in [1.165, 1.54) is 38.5 Å². The van der Waals surface area contributed by atoms with E-state index in [4.69, 9.17) is 0 Å². The van der Waals surface area contributed by atoms with Crippen LogP contribution in [0.2, 0.25) is 0 Å². The second-order valence-corrected chi connectivity index (χ2v) is 5.79. The first-order valence-corrected chi connectivity index (χ1v) is 8.03. The highest BCUT2D eigenvalue weighted by Gasteiger charge is 2.14. The topological polar surface area (TPSA) is 49.8 Å². The largest absolute Gasteiger partial charge is 0.373 e. The van der Waals surface area contributed by atoms with E-state index in [0.29, 0.717) is 0 Å². The lowest BCUT2D eigenvalue weighted by molar-refractivity contribution is 0.345. The zero-order valence-electron chi connectivity index (χ0n) is 13.1. The Kier molecular flexibility index (Phi) is 5.62. The number of hydrogen-bond donors (Lipinski definition) is 2. The van der Waals surface area contributed by atoms with Gasteiger partial charge in [0, 0.05) is 25.6 Å². The number of anilines is 2. The van der Waals surface area contributed by atoms with E-state index in [1.807, 2.05) is 7.05 Å². The van der Waals surface area contributed by atoms with Crippen molar-refractivity contribution in [3.05, 3.63) is 11.4 Å². The molecule has 0 saturated heterocycles. The molecule has 2 N–H and O–H groups in total. The second-order valence-electron chi connectivity index (χ2n) is 5.79. The van der Waals surface area contributed by atoms with Crippen LogP contribution < -0.4 is 10.6 Å². The van der Waals surface area contributed by atoms with Gasteiger partial charge in [-0.25, -0.2) is 9.97 Å². The smallest absolute Gasteiger partial charge is 0.134 e. The van der Waals surface area contributed by atoms with Crippen molar-refractivity contribution >= 4 is 11.6 Å². The maximum absolute atomic E-state index is 4.62. The van der Waals surface area contributed by atoms with E-state index in [1.54, 1.807) is 0 Å². The van der Waals surface area contributed by atoms with E-state index in [0.717, 1.165) is 41.9 Å². The molecule has 1 aromatic rings. The molecule has 1 aliphatic carbocycles. The van der Waals surface area contributed by atoms with Crippen LogP contribution in [-0.2, 0) is 6.42 Å². The fraction of sp³-hybridized carbons (Fsp3) is 0.750. The molecule has 2 rings (SSSR count). The van der Waals surface area contributed by atoms with Crippen LogP contribution in [0, 0.1) is 12.8 Å². The minimum Gasteiger partial charge on any atom is -0.373 e. The van der Waals surface area contributed by atoms with Crippen LogP contribution in [-0.4, -0.2) is 23.6 Å². The molecular formula is C16H28N4. The molecule has 4 nitrogen and oxygen atoms in total. The van der Waals surface area contributed by atoms with Gasteiger partial charge in [0.25, 0.3) is 0 Å². The molecule has 0 radical (unpaired) electrons. The highest BCUT2D eigenvalue weighted by molar-refractivity contribution is 5.56. The molecule has 0 amide bonds. The number of nitrogens with zero attached hydrogens (tertiary/aromatic N) is 2. The molecule has 1 aromatic heterocycles. The zero-order chi connectivity index (χ0) is 14.4. The van der Waals surface area contributed by atoms with Crippen molar-refractivity contribution in [2.75, 3.05) is 24.2 Å². The number of aromatic nitrogens is 2. The third kappa shape index (κ3) is 3.84. The summed E-state index contributed by atoms with van der Waals surface area (Å²) < 4.78 is 0. The van der Waals surface area contributed by atoms with Gasteiger partial charge in [0.2, 0.25) is 0 Å². The molecule has 112 valence electrons. The Morgan fingerprint density at radius 2 is 1.80 bits per heavy atom. The molecule has 0 bridgehead atoms. The van der Waals surface area contributed by atoms with E-state index < -0.39 is 0 Å². The van der Waals surface area contributed by atoms with E-state index >= 15 is 0 Å². The summed E-state index contributed by atoms with van der Waals surface area (Å²) in [7, 11) is 1.92. The van der Waals surface area contributed by atoms with Crippen molar-refractivity contribution in [3.8, 4) is 0 Å². The van der Waals surface area contributed by atoms with Crippen molar-refractivity contribution < 1.29 is 0 Å². The fourth-order valence-corrected chi connectivity index (χ4v) is 3.01.